The van der Waals surface area contributed by atoms with Crippen molar-refractivity contribution in [3.63, 3.8) is 0 Å². The molecule has 1 aliphatic rings. The predicted molar refractivity (Wildman–Crippen MR) is 108 cm³/mol. The number of aryl methyl sites for hydroxylation is 1. The highest BCUT2D eigenvalue weighted by molar-refractivity contribution is 5.66. The molecule has 0 radical (unpaired) electrons. The molecule has 0 amide bonds. The van der Waals surface area contributed by atoms with Crippen molar-refractivity contribution in [3.8, 4) is 11.5 Å². The second-order valence-corrected chi connectivity index (χ2v) is 7.00. The van der Waals surface area contributed by atoms with Crippen LogP contribution in [0.15, 0.2) is 42.5 Å². The molecule has 6 nitrogen and oxygen atoms in total. The number of phenolic OH excluding ortho intramolecular Hbond substituents is 1. The third-order valence-electron chi connectivity index (χ3n) is 4.76. The molecule has 152 valence electrons. The van der Waals surface area contributed by atoms with Gasteiger partial charge in [-0.25, -0.2) is 0 Å². The van der Waals surface area contributed by atoms with Crippen LogP contribution >= 0.6 is 0 Å². The zero-order valence-corrected chi connectivity index (χ0v) is 16.7. The van der Waals surface area contributed by atoms with E-state index in [1.54, 1.807) is 12.1 Å². The summed E-state index contributed by atoms with van der Waals surface area (Å²) in [6.07, 6.45) is 3.30. The molecule has 0 fully saturated rings. The van der Waals surface area contributed by atoms with Crippen LogP contribution in [0.5, 0.6) is 11.5 Å². The quantitative estimate of drug-likeness (QED) is 0.742. The van der Waals surface area contributed by atoms with Crippen LogP contribution in [-0.4, -0.2) is 30.3 Å². The average Bonchev–Trinajstić information content (AvgIpc) is 3.03. The molecule has 0 bridgehead atoms. The molecule has 2 aromatic rings. The van der Waals surface area contributed by atoms with Gasteiger partial charge in [0.15, 0.2) is 0 Å². The Kier molecular flexibility index (Phi) is 6.22. The van der Waals surface area contributed by atoms with Crippen molar-refractivity contribution in [1.82, 2.24) is 0 Å². The van der Waals surface area contributed by atoms with Gasteiger partial charge in [-0.05, 0) is 54.0 Å². The molecule has 0 saturated heterocycles. The first kappa shape index (κ1) is 20.5. The van der Waals surface area contributed by atoms with E-state index in [0.29, 0.717) is 0 Å². The first-order valence-corrected chi connectivity index (χ1v) is 9.38. The van der Waals surface area contributed by atoms with Gasteiger partial charge in [0.1, 0.15) is 30.8 Å². The van der Waals surface area contributed by atoms with E-state index in [1.165, 1.54) is 13.8 Å². The standard InChI is InChI=1S/C23H24O6/c1-14-11-18(7-8-21(14)26)23-20(13-28-16(3)25)19-12-17(6-9-22(19)29-23)5-4-10-27-15(2)24/h4-9,11-12,20,23,26H,10,13H2,1-3H3/b5-4+/t20-,23+/m1/s1. The summed E-state index contributed by atoms with van der Waals surface area (Å²) in [5.41, 5.74) is 3.52. The summed E-state index contributed by atoms with van der Waals surface area (Å²) >= 11 is 0. The Morgan fingerprint density at radius 3 is 2.55 bits per heavy atom. The van der Waals surface area contributed by atoms with Gasteiger partial charge in [0.05, 0.1) is 5.92 Å². The summed E-state index contributed by atoms with van der Waals surface area (Å²) in [5.74, 6) is 0.0951. The Morgan fingerprint density at radius 1 is 1.10 bits per heavy atom. The highest BCUT2D eigenvalue weighted by Gasteiger charge is 2.36. The fraction of sp³-hybridized carbons (Fsp3) is 0.304. The van der Waals surface area contributed by atoms with Crippen LogP contribution in [0.4, 0.5) is 0 Å². The van der Waals surface area contributed by atoms with Crippen LogP contribution in [0.2, 0.25) is 0 Å². The fourth-order valence-electron chi connectivity index (χ4n) is 3.34. The number of phenols is 1. The van der Waals surface area contributed by atoms with Crippen molar-refractivity contribution in [2.45, 2.75) is 32.8 Å². The molecule has 0 saturated carbocycles. The van der Waals surface area contributed by atoms with E-state index in [1.807, 2.05) is 43.3 Å². The van der Waals surface area contributed by atoms with E-state index < -0.39 is 0 Å². The lowest BCUT2D eigenvalue weighted by Crippen LogP contribution is -2.17. The number of esters is 2. The predicted octanol–water partition coefficient (Wildman–Crippen LogP) is 4.06. The maximum atomic E-state index is 11.4. The average molecular weight is 396 g/mol. The summed E-state index contributed by atoms with van der Waals surface area (Å²) in [5, 5.41) is 9.83. The number of rotatable bonds is 6. The second-order valence-electron chi connectivity index (χ2n) is 7.00. The molecule has 0 spiro atoms. The van der Waals surface area contributed by atoms with Crippen molar-refractivity contribution >= 4 is 18.0 Å². The summed E-state index contributed by atoms with van der Waals surface area (Å²) in [6.45, 7) is 4.97. The molecular weight excluding hydrogens is 372 g/mol. The lowest BCUT2D eigenvalue weighted by molar-refractivity contribution is -0.142. The molecule has 2 aromatic carbocycles. The monoisotopic (exact) mass is 396 g/mol. The minimum Gasteiger partial charge on any atom is -0.508 e. The highest BCUT2D eigenvalue weighted by Crippen LogP contribution is 2.47. The van der Waals surface area contributed by atoms with Crippen LogP contribution < -0.4 is 4.74 Å². The van der Waals surface area contributed by atoms with E-state index in [-0.39, 0.29) is 42.9 Å². The third-order valence-corrected chi connectivity index (χ3v) is 4.76. The summed E-state index contributed by atoms with van der Waals surface area (Å²) < 4.78 is 16.4. The van der Waals surface area contributed by atoms with Crippen LogP contribution in [-0.2, 0) is 19.1 Å². The van der Waals surface area contributed by atoms with Gasteiger partial charge < -0.3 is 19.3 Å². The zero-order chi connectivity index (χ0) is 21.0. The zero-order valence-electron chi connectivity index (χ0n) is 16.7. The first-order chi connectivity index (χ1) is 13.8. The van der Waals surface area contributed by atoms with E-state index >= 15 is 0 Å². The van der Waals surface area contributed by atoms with Gasteiger partial charge in [0.2, 0.25) is 0 Å². The van der Waals surface area contributed by atoms with Crippen molar-refractivity contribution in [3.05, 3.63) is 64.7 Å². The van der Waals surface area contributed by atoms with E-state index in [4.69, 9.17) is 14.2 Å². The second kappa shape index (κ2) is 8.82. The van der Waals surface area contributed by atoms with E-state index in [0.717, 1.165) is 28.0 Å². The molecule has 1 heterocycles. The number of ether oxygens (including phenoxy) is 3. The Labute approximate surface area is 169 Å². The maximum absolute atomic E-state index is 11.4. The molecule has 0 aliphatic carbocycles. The van der Waals surface area contributed by atoms with Crippen molar-refractivity contribution in [1.29, 1.82) is 0 Å². The van der Waals surface area contributed by atoms with Gasteiger partial charge in [0, 0.05) is 19.4 Å². The largest absolute Gasteiger partial charge is 0.508 e. The van der Waals surface area contributed by atoms with Gasteiger partial charge in [-0.2, -0.15) is 0 Å². The minimum atomic E-state index is -0.350. The van der Waals surface area contributed by atoms with E-state index in [2.05, 4.69) is 0 Å². The van der Waals surface area contributed by atoms with Gasteiger partial charge >= 0.3 is 11.9 Å². The van der Waals surface area contributed by atoms with Crippen LogP contribution in [0.3, 0.4) is 0 Å². The topological polar surface area (TPSA) is 82.1 Å². The molecule has 1 aliphatic heterocycles. The highest BCUT2D eigenvalue weighted by atomic mass is 16.5. The van der Waals surface area contributed by atoms with Gasteiger partial charge in [-0.1, -0.05) is 18.2 Å². The SMILES string of the molecule is CC(=O)OC/C=C/c1ccc2c(c1)[C@@H](COC(C)=O)[C@H](c1ccc(O)c(C)c1)O2. The van der Waals surface area contributed by atoms with Gasteiger partial charge in [-0.15, -0.1) is 0 Å². The van der Waals surface area contributed by atoms with Crippen molar-refractivity contribution in [2.24, 2.45) is 0 Å². The van der Waals surface area contributed by atoms with Crippen molar-refractivity contribution < 1.29 is 28.9 Å². The molecule has 2 atom stereocenters. The number of carbonyl (C=O) groups excluding carboxylic acids is 2. The molecule has 0 unspecified atom stereocenters. The number of carbonyl (C=O) groups is 2. The third kappa shape index (κ3) is 4.96. The lowest BCUT2D eigenvalue weighted by atomic mass is 9.90. The maximum Gasteiger partial charge on any atom is 0.302 e. The van der Waals surface area contributed by atoms with E-state index in [9.17, 15) is 14.7 Å². The van der Waals surface area contributed by atoms with Crippen LogP contribution in [0.25, 0.3) is 6.08 Å². The Bertz CT molecular complexity index is 946. The first-order valence-electron chi connectivity index (χ1n) is 9.38. The molecule has 3 rings (SSSR count). The Balaban J connectivity index is 1.88. The van der Waals surface area contributed by atoms with Crippen molar-refractivity contribution in [2.75, 3.05) is 13.2 Å². The number of hydrogen-bond donors (Lipinski definition) is 1. The van der Waals surface area contributed by atoms with Gasteiger partial charge in [-0.3, -0.25) is 9.59 Å². The lowest BCUT2D eigenvalue weighted by Gasteiger charge is -2.20. The molecule has 6 heteroatoms. The number of hydrogen-bond acceptors (Lipinski definition) is 6. The Morgan fingerprint density at radius 2 is 1.86 bits per heavy atom. The number of benzene rings is 2. The Hall–Kier alpha value is -3.28. The van der Waals surface area contributed by atoms with Crippen LogP contribution in [0.1, 0.15) is 48.1 Å². The smallest absolute Gasteiger partial charge is 0.302 e. The summed E-state index contributed by atoms with van der Waals surface area (Å²) in [4.78, 5) is 22.3. The minimum absolute atomic E-state index is 0.181. The molecule has 29 heavy (non-hydrogen) atoms. The molecule has 1 N–H and O–H groups in total. The number of fused-ring (bicyclic) bond motifs is 1. The normalized spacial score (nSPS) is 17.6. The summed E-state index contributed by atoms with van der Waals surface area (Å²) in [6, 6.07) is 11.1. The molecule has 0 aromatic heterocycles. The summed E-state index contributed by atoms with van der Waals surface area (Å²) in [7, 11) is 0. The number of aromatic hydroxyl groups is 1. The van der Waals surface area contributed by atoms with Crippen LogP contribution in [0, 0.1) is 6.92 Å². The fourth-order valence-corrected chi connectivity index (χ4v) is 3.34. The van der Waals surface area contributed by atoms with Gasteiger partial charge in [0.25, 0.3) is 0 Å². The molecular formula is C23H24O6.